The molecule has 0 aromatic heterocycles. The summed E-state index contributed by atoms with van der Waals surface area (Å²) in [5.41, 5.74) is 3.70. The van der Waals surface area contributed by atoms with Crippen molar-refractivity contribution in [1.82, 2.24) is 10.2 Å². The van der Waals surface area contributed by atoms with E-state index < -0.39 is 17.6 Å². The fourth-order valence-electron chi connectivity index (χ4n) is 5.47. The molecule has 0 unspecified atom stereocenters. The lowest BCUT2D eigenvalue weighted by molar-refractivity contribution is -0.149. The minimum absolute atomic E-state index is 0.0361. The zero-order valence-electron chi connectivity index (χ0n) is 19.6. The van der Waals surface area contributed by atoms with Crippen molar-refractivity contribution >= 4 is 18.0 Å². The molecule has 0 radical (unpaired) electrons. The first-order chi connectivity index (χ1) is 17.0. The number of fused-ring (bicyclic) bond motifs is 3. The number of nitrogens with one attached hydrogen (secondary N) is 1. The van der Waals surface area contributed by atoms with Crippen LogP contribution < -0.4 is 5.32 Å². The van der Waals surface area contributed by atoms with E-state index in [1.165, 1.54) is 11.1 Å². The fraction of sp³-hybridized carbons (Fsp3) is 0.444. The molecule has 8 nitrogen and oxygen atoms in total. The van der Waals surface area contributed by atoms with Crippen LogP contribution in [0.15, 0.2) is 48.5 Å². The molecule has 3 aliphatic rings. The maximum absolute atomic E-state index is 13.3. The van der Waals surface area contributed by atoms with Gasteiger partial charge in [0.15, 0.2) is 0 Å². The molecule has 2 aliphatic carbocycles. The molecule has 2 aromatic carbocycles. The fourth-order valence-corrected chi connectivity index (χ4v) is 5.47. The standard InChI is InChI=1S/C27H30N2O6/c30-24(31)17-34-18-10-14-29(15-11-18)25(32)27(12-5-13-27)28-26(33)35-16-23-21-8-3-1-6-19(21)20-7-2-4-9-22(20)23/h1-4,6-9,18,23H,5,10-17H2,(H,28,33)(H,30,31). The highest BCUT2D eigenvalue weighted by molar-refractivity contribution is 5.91. The van der Waals surface area contributed by atoms with Crippen LogP contribution in [0.4, 0.5) is 4.79 Å². The Morgan fingerprint density at radius 3 is 2.11 bits per heavy atom. The van der Waals surface area contributed by atoms with Crippen LogP contribution >= 0.6 is 0 Å². The van der Waals surface area contributed by atoms with E-state index >= 15 is 0 Å². The van der Waals surface area contributed by atoms with Gasteiger partial charge < -0.3 is 24.8 Å². The number of alkyl carbamates (subject to hydrolysis) is 1. The van der Waals surface area contributed by atoms with Gasteiger partial charge in [-0.2, -0.15) is 0 Å². The Bertz CT molecular complexity index is 1070. The van der Waals surface area contributed by atoms with E-state index in [9.17, 15) is 14.4 Å². The molecule has 2 fully saturated rings. The van der Waals surface area contributed by atoms with Crippen LogP contribution in [0.2, 0.25) is 0 Å². The zero-order valence-corrected chi connectivity index (χ0v) is 19.6. The number of carboxylic acid groups (broad SMARTS) is 1. The number of piperidine rings is 1. The van der Waals surface area contributed by atoms with Crippen LogP contribution in [0, 0.1) is 0 Å². The average molecular weight is 479 g/mol. The van der Waals surface area contributed by atoms with Crippen molar-refractivity contribution in [3.05, 3.63) is 59.7 Å². The monoisotopic (exact) mass is 478 g/mol. The Balaban J connectivity index is 1.18. The number of likely N-dealkylation sites (tertiary alicyclic amines) is 1. The summed E-state index contributed by atoms with van der Waals surface area (Å²) in [5.74, 6) is -1.12. The molecule has 2 aromatic rings. The minimum Gasteiger partial charge on any atom is -0.480 e. The summed E-state index contributed by atoms with van der Waals surface area (Å²) >= 11 is 0. The SMILES string of the molecule is O=C(O)COC1CCN(C(=O)C2(NC(=O)OCC3c4ccccc4-c4ccccc43)CCC2)CC1. The first-order valence-corrected chi connectivity index (χ1v) is 12.2. The first-order valence-electron chi connectivity index (χ1n) is 12.2. The van der Waals surface area contributed by atoms with Crippen LogP contribution in [0.25, 0.3) is 11.1 Å². The Kier molecular flexibility index (Phi) is 6.47. The van der Waals surface area contributed by atoms with E-state index in [2.05, 4.69) is 29.6 Å². The maximum Gasteiger partial charge on any atom is 0.408 e. The summed E-state index contributed by atoms with van der Waals surface area (Å²) in [6.07, 6.45) is 2.48. The average Bonchev–Trinajstić information content (AvgIpc) is 3.17. The van der Waals surface area contributed by atoms with E-state index in [4.69, 9.17) is 14.6 Å². The molecule has 184 valence electrons. The number of carbonyl (C=O) groups excluding carboxylic acids is 2. The van der Waals surface area contributed by atoms with E-state index in [1.807, 2.05) is 24.3 Å². The Morgan fingerprint density at radius 1 is 0.971 bits per heavy atom. The summed E-state index contributed by atoms with van der Waals surface area (Å²) in [7, 11) is 0. The maximum atomic E-state index is 13.3. The van der Waals surface area contributed by atoms with Gasteiger partial charge in [0.1, 0.15) is 18.8 Å². The van der Waals surface area contributed by atoms with Gasteiger partial charge in [0.05, 0.1) is 6.10 Å². The number of benzene rings is 2. The third-order valence-electron chi connectivity index (χ3n) is 7.47. The number of rotatable bonds is 7. The van der Waals surface area contributed by atoms with Gasteiger partial charge in [-0.15, -0.1) is 0 Å². The van der Waals surface area contributed by atoms with Crippen LogP contribution in [0.3, 0.4) is 0 Å². The predicted octanol–water partition coefficient (Wildman–Crippen LogP) is 3.54. The Morgan fingerprint density at radius 2 is 1.57 bits per heavy atom. The predicted molar refractivity (Wildman–Crippen MR) is 128 cm³/mol. The number of carbonyl (C=O) groups is 3. The molecule has 1 saturated carbocycles. The second kappa shape index (κ2) is 9.70. The van der Waals surface area contributed by atoms with E-state index in [-0.39, 0.29) is 31.1 Å². The molecule has 1 heterocycles. The Hall–Kier alpha value is -3.39. The molecular formula is C27H30N2O6. The Labute approximate surface area is 204 Å². The van der Waals surface area contributed by atoms with Crippen LogP contribution in [0.1, 0.15) is 49.1 Å². The van der Waals surface area contributed by atoms with E-state index in [0.717, 1.165) is 17.5 Å². The van der Waals surface area contributed by atoms with Gasteiger partial charge in [-0.3, -0.25) is 4.79 Å². The largest absolute Gasteiger partial charge is 0.480 e. The smallest absolute Gasteiger partial charge is 0.408 e. The highest BCUT2D eigenvalue weighted by Crippen LogP contribution is 2.44. The highest BCUT2D eigenvalue weighted by atomic mass is 16.5. The topological polar surface area (TPSA) is 105 Å². The van der Waals surface area contributed by atoms with Gasteiger partial charge in [0.25, 0.3) is 0 Å². The summed E-state index contributed by atoms with van der Waals surface area (Å²) < 4.78 is 11.0. The molecule has 35 heavy (non-hydrogen) atoms. The van der Waals surface area contributed by atoms with Crippen molar-refractivity contribution in [2.24, 2.45) is 0 Å². The lowest BCUT2D eigenvalue weighted by atomic mass is 9.75. The number of carboxylic acids is 1. The van der Waals surface area contributed by atoms with Gasteiger partial charge in [0, 0.05) is 19.0 Å². The molecule has 0 bridgehead atoms. The molecule has 0 atom stereocenters. The van der Waals surface area contributed by atoms with Gasteiger partial charge in [-0.05, 0) is 54.4 Å². The third-order valence-corrected chi connectivity index (χ3v) is 7.47. The molecule has 1 aliphatic heterocycles. The van der Waals surface area contributed by atoms with Crippen molar-refractivity contribution in [3.63, 3.8) is 0 Å². The molecular weight excluding hydrogens is 448 g/mol. The molecule has 2 N–H and O–H groups in total. The number of aliphatic carboxylic acids is 1. The number of hydrogen-bond acceptors (Lipinski definition) is 5. The molecule has 8 heteroatoms. The van der Waals surface area contributed by atoms with Gasteiger partial charge >= 0.3 is 12.1 Å². The summed E-state index contributed by atoms with van der Waals surface area (Å²) in [6.45, 7) is 0.844. The van der Waals surface area contributed by atoms with E-state index in [0.29, 0.717) is 38.8 Å². The van der Waals surface area contributed by atoms with Crippen molar-refractivity contribution in [3.8, 4) is 11.1 Å². The van der Waals surface area contributed by atoms with Crippen molar-refractivity contribution in [2.45, 2.75) is 49.7 Å². The second-order valence-corrected chi connectivity index (χ2v) is 9.58. The number of amides is 2. The zero-order chi connectivity index (χ0) is 24.4. The number of ether oxygens (including phenoxy) is 2. The van der Waals surface area contributed by atoms with Crippen LogP contribution in [-0.4, -0.2) is 65.9 Å². The lowest BCUT2D eigenvalue weighted by Gasteiger charge is -2.45. The lowest BCUT2D eigenvalue weighted by Crippen LogP contribution is -2.64. The normalized spacial score (nSPS) is 18.8. The molecule has 0 spiro atoms. The second-order valence-electron chi connectivity index (χ2n) is 9.58. The molecule has 1 saturated heterocycles. The van der Waals surface area contributed by atoms with Gasteiger partial charge in [0.2, 0.25) is 5.91 Å². The summed E-state index contributed by atoms with van der Waals surface area (Å²) in [4.78, 5) is 38.6. The quantitative estimate of drug-likeness (QED) is 0.631. The van der Waals surface area contributed by atoms with Crippen molar-refractivity contribution in [1.29, 1.82) is 0 Å². The first kappa shape index (κ1) is 23.4. The summed E-state index contributed by atoms with van der Waals surface area (Å²) in [5, 5.41) is 11.7. The molecule has 2 amide bonds. The number of nitrogens with zero attached hydrogens (tertiary/aromatic N) is 1. The van der Waals surface area contributed by atoms with E-state index in [1.54, 1.807) is 4.90 Å². The number of hydrogen-bond donors (Lipinski definition) is 2. The van der Waals surface area contributed by atoms with Crippen LogP contribution in [0.5, 0.6) is 0 Å². The molecule has 5 rings (SSSR count). The van der Waals surface area contributed by atoms with Gasteiger partial charge in [-0.25, -0.2) is 9.59 Å². The van der Waals surface area contributed by atoms with Crippen LogP contribution in [-0.2, 0) is 19.1 Å². The van der Waals surface area contributed by atoms with Gasteiger partial charge in [-0.1, -0.05) is 48.5 Å². The van der Waals surface area contributed by atoms with Crippen molar-refractivity contribution < 1.29 is 29.0 Å². The van der Waals surface area contributed by atoms with Crippen molar-refractivity contribution in [2.75, 3.05) is 26.3 Å². The summed E-state index contributed by atoms with van der Waals surface area (Å²) in [6, 6.07) is 16.3. The minimum atomic E-state index is -0.996. The third kappa shape index (κ3) is 4.62. The highest BCUT2D eigenvalue weighted by Gasteiger charge is 2.48.